The van der Waals surface area contributed by atoms with E-state index in [0.29, 0.717) is 12.1 Å². The number of aliphatic hydroxyl groups excluding tert-OH is 1. The van der Waals surface area contributed by atoms with Gasteiger partial charge < -0.3 is 10.4 Å². The van der Waals surface area contributed by atoms with Crippen LogP contribution in [0.25, 0.3) is 10.2 Å². The van der Waals surface area contributed by atoms with E-state index in [1.54, 1.807) is 12.1 Å². The number of rotatable bonds is 6. The van der Waals surface area contributed by atoms with Gasteiger partial charge in [-0.25, -0.2) is 4.98 Å². The van der Waals surface area contributed by atoms with Crippen molar-refractivity contribution in [3.8, 4) is 0 Å². The molecule has 0 radical (unpaired) electrons. The van der Waals surface area contributed by atoms with Crippen LogP contribution in [0.3, 0.4) is 0 Å². The summed E-state index contributed by atoms with van der Waals surface area (Å²) in [6.45, 7) is 3.95. The summed E-state index contributed by atoms with van der Waals surface area (Å²) in [5.41, 5.74) is 1.32. The van der Waals surface area contributed by atoms with Gasteiger partial charge in [-0.1, -0.05) is 0 Å². The van der Waals surface area contributed by atoms with Gasteiger partial charge in [-0.2, -0.15) is 0 Å². The van der Waals surface area contributed by atoms with Gasteiger partial charge in [0.15, 0.2) is 0 Å². The highest BCUT2D eigenvalue weighted by atomic mass is 32.1. The largest absolute Gasteiger partial charge is 0.396 e. The lowest BCUT2D eigenvalue weighted by Crippen LogP contribution is -2.16. The van der Waals surface area contributed by atoms with Crippen LogP contribution in [0.15, 0.2) is 12.1 Å². The molecule has 1 aromatic heterocycles. The quantitative estimate of drug-likeness (QED) is 0.631. The molecule has 2 aromatic rings. The van der Waals surface area contributed by atoms with E-state index in [9.17, 15) is 10.1 Å². The van der Waals surface area contributed by atoms with Gasteiger partial charge in [0.05, 0.1) is 20.1 Å². The number of fused-ring (bicyclic) bond motifs is 1. The third-order valence-electron chi connectivity index (χ3n) is 3.01. The van der Waals surface area contributed by atoms with Gasteiger partial charge in [0.25, 0.3) is 5.69 Å². The topological polar surface area (TPSA) is 88.3 Å². The fourth-order valence-electron chi connectivity index (χ4n) is 2.08. The molecule has 0 fully saturated rings. The second-order valence-corrected chi connectivity index (χ2v) is 5.97. The smallest absolute Gasteiger partial charge is 0.293 e. The maximum atomic E-state index is 11.2. The number of nitro groups is 1. The van der Waals surface area contributed by atoms with Crippen LogP contribution in [0.2, 0.25) is 0 Å². The Morgan fingerprint density at radius 3 is 2.95 bits per heavy atom. The van der Waals surface area contributed by atoms with Crippen molar-refractivity contribution in [1.82, 2.24) is 4.98 Å². The molecule has 0 aliphatic rings. The van der Waals surface area contributed by atoms with Gasteiger partial charge in [0.2, 0.25) is 0 Å². The molecule has 1 unspecified atom stereocenters. The van der Waals surface area contributed by atoms with Crippen LogP contribution < -0.4 is 5.32 Å². The second-order valence-electron chi connectivity index (χ2n) is 4.74. The van der Waals surface area contributed by atoms with E-state index in [4.69, 9.17) is 5.11 Å². The molecule has 0 saturated carbocycles. The number of hydrogen-bond acceptors (Lipinski definition) is 6. The van der Waals surface area contributed by atoms with Crippen molar-refractivity contribution in [2.75, 3.05) is 11.9 Å². The lowest BCUT2D eigenvalue weighted by molar-refractivity contribution is -0.383. The predicted molar refractivity (Wildman–Crippen MR) is 80.4 cm³/mol. The number of nitrogens with zero attached hydrogens (tertiary/aromatic N) is 2. The number of aliphatic hydroxyl groups is 1. The van der Waals surface area contributed by atoms with Crippen molar-refractivity contribution >= 4 is 32.9 Å². The minimum atomic E-state index is -0.379. The third kappa shape index (κ3) is 3.23. The van der Waals surface area contributed by atoms with Crippen LogP contribution >= 0.6 is 11.3 Å². The zero-order valence-electron chi connectivity index (χ0n) is 11.4. The highest BCUT2D eigenvalue weighted by Crippen LogP contribution is 2.33. The predicted octanol–water partition coefficient (Wildman–Crippen LogP) is 3.09. The van der Waals surface area contributed by atoms with Crippen molar-refractivity contribution in [2.24, 2.45) is 0 Å². The Bertz CT molecular complexity index is 627. The molecule has 0 spiro atoms. The average Bonchev–Trinajstić information content (AvgIpc) is 2.74. The fraction of sp³-hybridized carbons (Fsp3) is 0.462. The first-order valence-corrected chi connectivity index (χ1v) is 7.26. The van der Waals surface area contributed by atoms with Crippen LogP contribution in [0.4, 0.5) is 11.4 Å². The number of nitro benzene ring substituents is 1. The molecule has 6 nitrogen and oxygen atoms in total. The van der Waals surface area contributed by atoms with E-state index in [-0.39, 0.29) is 23.3 Å². The van der Waals surface area contributed by atoms with Crippen LogP contribution in [0, 0.1) is 17.0 Å². The minimum absolute atomic E-state index is 0.0537. The summed E-state index contributed by atoms with van der Waals surface area (Å²) in [4.78, 5) is 15.2. The first-order valence-electron chi connectivity index (χ1n) is 6.44. The third-order valence-corrected chi connectivity index (χ3v) is 3.94. The van der Waals surface area contributed by atoms with E-state index in [1.165, 1.54) is 11.3 Å². The lowest BCUT2D eigenvalue weighted by atomic mass is 10.1. The molecule has 0 bridgehead atoms. The van der Waals surface area contributed by atoms with Crippen molar-refractivity contribution < 1.29 is 10.0 Å². The second kappa shape index (κ2) is 6.15. The molecule has 7 heteroatoms. The van der Waals surface area contributed by atoms with E-state index >= 15 is 0 Å². The molecule has 0 aliphatic carbocycles. The van der Waals surface area contributed by atoms with Crippen molar-refractivity contribution in [3.63, 3.8) is 0 Å². The van der Waals surface area contributed by atoms with Gasteiger partial charge in [-0.05, 0) is 32.8 Å². The van der Waals surface area contributed by atoms with Crippen molar-refractivity contribution in [2.45, 2.75) is 32.7 Å². The van der Waals surface area contributed by atoms with Gasteiger partial charge >= 0.3 is 0 Å². The van der Waals surface area contributed by atoms with Gasteiger partial charge in [-0.15, -0.1) is 11.3 Å². The average molecular weight is 295 g/mol. The Hall–Kier alpha value is -1.73. The van der Waals surface area contributed by atoms with Crippen molar-refractivity contribution in [1.29, 1.82) is 0 Å². The maximum Gasteiger partial charge on any atom is 0.293 e. The molecule has 1 atom stereocenters. The molecule has 20 heavy (non-hydrogen) atoms. The molecule has 0 aliphatic heterocycles. The van der Waals surface area contributed by atoms with E-state index in [0.717, 1.165) is 21.6 Å². The van der Waals surface area contributed by atoms with Crippen LogP contribution in [0.1, 0.15) is 24.8 Å². The fourth-order valence-corrected chi connectivity index (χ4v) is 2.92. The highest BCUT2D eigenvalue weighted by Gasteiger charge is 2.18. The highest BCUT2D eigenvalue weighted by molar-refractivity contribution is 7.18. The molecule has 1 aromatic carbocycles. The Balaban J connectivity index is 2.34. The van der Waals surface area contributed by atoms with E-state index in [2.05, 4.69) is 10.3 Å². The molecular weight excluding hydrogens is 278 g/mol. The van der Waals surface area contributed by atoms with Gasteiger partial charge in [0, 0.05) is 18.7 Å². The van der Waals surface area contributed by atoms with Crippen LogP contribution in [-0.2, 0) is 0 Å². The van der Waals surface area contributed by atoms with E-state index in [1.807, 2.05) is 13.8 Å². The molecular formula is C13H17N3O3S. The van der Waals surface area contributed by atoms with Crippen molar-refractivity contribution in [3.05, 3.63) is 27.3 Å². The molecule has 2 rings (SSSR count). The SMILES string of the molecule is Cc1nc2cc(NC(C)CCCO)c([N+](=O)[O-])cc2s1. The first kappa shape index (κ1) is 14.7. The number of anilines is 1. The van der Waals surface area contributed by atoms with Gasteiger partial charge in [0.1, 0.15) is 5.69 Å². The number of thiazole rings is 1. The standard InChI is InChI=1S/C13H17N3O3S/c1-8(4-3-5-17)14-10-6-11-13(20-9(2)15-11)7-12(10)16(18)19/h6-8,14,17H,3-5H2,1-2H3. The number of hydrogen-bond donors (Lipinski definition) is 2. The minimum Gasteiger partial charge on any atom is -0.396 e. The van der Waals surface area contributed by atoms with E-state index < -0.39 is 0 Å². The molecule has 0 amide bonds. The summed E-state index contributed by atoms with van der Waals surface area (Å²) < 4.78 is 0.822. The molecule has 0 saturated heterocycles. The molecule has 108 valence electrons. The van der Waals surface area contributed by atoms with Crippen LogP contribution in [0.5, 0.6) is 0 Å². The summed E-state index contributed by atoms with van der Waals surface area (Å²) in [5.74, 6) is 0. The van der Waals surface area contributed by atoms with Crippen LogP contribution in [-0.4, -0.2) is 27.7 Å². The Morgan fingerprint density at radius 1 is 1.55 bits per heavy atom. The Morgan fingerprint density at radius 2 is 2.30 bits per heavy atom. The Kier molecular flexibility index (Phi) is 4.51. The molecule has 2 N–H and O–H groups in total. The number of aryl methyl sites for hydroxylation is 1. The summed E-state index contributed by atoms with van der Waals surface area (Å²) in [7, 11) is 0. The number of aromatic nitrogens is 1. The Labute approximate surface area is 120 Å². The monoisotopic (exact) mass is 295 g/mol. The summed E-state index contributed by atoms with van der Waals surface area (Å²) in [6, 6.07) is 3.35. The summed E-state index contributed by atoms with van der Waals surface area (Å²) in [5, 5.41) is 24.0. The normalized spacial score (nSPS) is 12.6. The number of nitrogens with one attached hydrogen (secondary N) is 1. The zero-order chi connectivity index (χ0) is 14.7. The summed E-state index contributed by atoms with van der Waals surface area (Å²) in [6.07, 6.45) is 1.42. The molecule has 1 heterocycles. The lowest BCUT2D eigenvalue weighted by Gasteiger charge is -2.14. The maximum absolute atomic E-state index is 11.2. The summed E-state index contributed by atoms with van der Waals surface area (Å²) >= 11 is 1.45. The van der Waals surface area contributed by atoms with Gasteiger partial charge in [-0.3, -0.25) is 10.1 Å². The first-order chi connectivity index (χ1) is 9.51. The zero-order valence-corrected chi connectivity index (χ0v) is 12.2. The number of benzene rings is 1.